The molecule has 0 aliphatic rings. The van der Waals surface area contributed by atoms with Gasteiger partial charge >= 0.3 is 0 Å². The molecule has 0 radical (unpaired) electrons. The molecule has 0 aliphatic heterocycles. The first-order valence-electron chi connectivity index (χ1n) is 7.91. The molecule has 1 N–H and O–H groups in total. The summed E-state index contributed by atoms with van der Waals surface area (Å²) in [6.07, 6.45) is 0. The Balaban J connectivity index is 2.23. The molecular formula is C19H20F2N2O2. The van der Waals surface area contributed by atoms with Gasteiger partial charge in [-0.2, -0.15) is 0 Å². The third-order valence-corrected chi connectivity index (χ3v) is 3.91. The van der Waals surface area contributed by atoms with Gasteiger partial charge in [0.05, 0.1) is 5.69 Å². The number of carbonyl (C=O) groups is 2. The second-order valence-corrected chi connectivity index (χ2v) is 6.09. The van der Waals surface area contributed by atoms with Gasteiger partial charge in [-0.1, -0.05) is 18.2 Å². The Bertz CT molecular complexity index is 776. The van der Waals surface area contributed by atoms with Gasteiger partial charge in [-0.25, -0.2) is 8.78 Å². The van der Waals surface area contributed by atoms with Gasteiger partial charge in [0.2, 0.25) is 11.8 Å². The van der Waals surface area contributed by atoms with E-state index in [4.69, 9.17) is 0 Å². The van der Waals surface area contributed by atoms with Crippen molar-refractivity contribution in [3.05, 3.63) is 60.2 Å². The third-order valence-electron chi connectivity index (χ3n) is 3.91. The van der Waals surface area contributed by atoms with E-state index in [1.165, 1.54) is 18.7 Å². The number of rotatable bonds is 5. The van der Waals surface area contributed by atoms with Crippen molar-refractivity contribution < 1.29 is 18.4 Å². The minimum atomic E-state index is -1.44. The molecule has 0 heterocycles. The van der Waals surface area contributed by atoms with Gasteiger partial charge in [-0.15, -0.1) is 0 Å². The molecule has 2 aromatic carbocycles. The van der Waals surface area contributed by atoms with Crippen LogP contribution in [0.2, 0.25) is 0 Å². The van der Waals surface area contributed by atoms with E-state index in [0.29, 0.717) is 18.3 Å². The molecule has 4 nitrogen and oxygen atoms in total. The number of hydrogen-bond donors (Lipinski definition) is 1. The molecule has 0 saturated heterocycles. The lowest BCUT2D eigenvalue weighted by Gasteiger charge is -2.30. The molecule has 0 aliphatic carbocycles. The van der Waals surface area contributed by atoms with Crippen LogP contribution in [0.5, 0.6) is 0 Å². The van der Waals surface area contributed by atoms with Gasteiger partial charge in [0.15, 0.2) is 0 Å². The standard InChI is InChI=1S/C19H20F2N2O2/c1-4-23(14-8-6-5-7-9-14)18(25)19(2,3)17(24)22-16-11-10-13(20)12-15(16)21/h5-12H,4H2,1-3H3,(H,22,24). The van der Waals surface area contributed by atoms with Crippen molar-refractivity contribution in [1.29, 1.82) is 0 Å². The molecule has 0 saturated carbocycles. The lowest BCUT2D eigenvalue weighted by Crippen LogP contribution is -2.47. The highest BCUT2D eigenvalue weighted by Gasteiger charge is 2.39. The van der Waals surface area contributed by atoms with Crippen LogP contribution in [0.1, 0.15) is 20.8 Å². The third kappa shape index (κ3) is 4.02. The normalized spacial score (nSPS) is 11.1. The summed E-state index contributed by atoms with van der Waals surface area (Å²) >= 11 is 0. The number of amides is 2. The van der Waals surface area contributed by atoms with E-state index in [-0.39, 0.29) is 5.69 Å². The number of anilines is 2. The summed E-state index contributed by atoms with van der Waals surface area (Å²) in [7, 11) is 0. The van der Waals surface area contributed by atoms with E-state index in [9.17, 15) is 18.4 Å². The van der Waals surface area contributed by atoms with Crippen LogP contribution in [0.25, 0.3) is 0 Å². The summed E-state index contributed by atoms with van der Waals surface area (Å²) in [5.74, 6) is -2.72. The molecular weight excluding hydrogens is 326 g/mol. The Morgan fingerprint density at radius 1 is 1.08 bits per heavy atom. The minimum absolute atomic E-state index is 0.171. The Labute approximate surface area is 145 Å². The lowest BCUT2D eigenvalue weighted by atomic mass is 9.89. The van der Waals surface area contributed by atoms with E-state index >= 15 is 0 Å². The first-order chi connectivity index (χ1) is 11.8. The number of carbonyl (C=O) groups excluding carboxylic acids is 2. The Morgan fingerprint density at radius 3 is 2.28 bits per heavy atom. The van der Waals surface area contributed by atoms with E-state index in [0.717, 1.165) is 12.1 Å². The number of nitrogens with one attached hydrogen (secondary N) is 1. The molecule has 0 bridgehead atoms. The summed E-state index contributed by atoms with van der Waals surface area (Å²) in [4.78, 5) is 26.9. The van der Waals surface area contributed by atoms with Gasteiger partial charge in [-0.3, -0.25) is 9.59 Å². The highest BCUT2D eigenvalue weighted by molar-refractivity contribution is 6.14. The van der Waals surface area contributed by atoms with E-state index in [1.54, 1.807) is 31.2 Å². The smallest absolute Gasteiger partial charge is 0.242 e. The van der Waals surface area contributed by atoms with Crippen molar-refractivity contribution in [3.8, 4) is 0 Å². The zero-order valence-corrected chi connectivity index (χ0v) is 14.3. The summed E-state index contributed by atoms with van der Waals surface area (Å²) in [6, 6.07) is 11.8. The zero-order chi connectivity index (χ0) is 18.6. The largest absolute Gasteiger partial charge is 0.323 e. The molecule has 25 heavy (non-hydrogen) atoms. The molecule has 0 atom stereocenters. The molecule has 0 unspecified atom stereocenters. The Kier molecular flexibility index (Phi) is 5.51. The summed E-state index contributed by atoms with van der Waals surface area (Å²) < 4.78 is 26.7. The summed E-state index contributed by atoms with van der Waals surface area (Å²) in [5, 5.41) is 2.36. The van der Waals surface area contributed by atoms with Crippen LogP contribution in [0.4, 0.5) is 20.2 Å². The summed E-state index contributed by atoms with van der Waals surface area (Å²) in [5.41, 5.74) is -0.939. The molecule has 2 rings (SSSR count). The maximum absolute atomic E-state index is 13.7. The fourth-order valence-corrected chi connectivity index (χ4v) is 2.36. The Hall–Kier alpha value is -2.76. The fraction of sp³-hybridized carbons (Fsp3) is 0.263. The van der Waals surface area contributed by atoms with Crippen molar-refractivity contribution in [2.45, 2.75) is 20.8 Å². The van der Waals surface area contributed by atoms with Crippen LogP contribution in [0.15, 0.2) is 48.5 Å². The monoisotopic (exact) mass is 346 g/mol. The maximum Gasteiger partial charge on any atom is 0.242 e. The van der Waals surface area contributed by atoms with Crippen LogP contribution >= 0.6 is 0 Å². The van der Waals surface area contributed by atoms with Crippen LogP contribution < -0.4 is 10.2 Å². The van der Waals surface area contributed by atoms with E-state index in [1.807, 2.05) is 6.07 Å². The minimum Gasteiger partial charge on any atom is -0.323 e. The van der Waals surface area contributed by atoms with Crippen LogP contribution in [-0.2, 0) is 9.59 Å². The average Bonchev–Trinajstić information content (AvgIpc) is 2.58. The van der Waals surface area contributed by atoms with Crippen LogP contribution in [0.3, 0.4) is 0 Å². The van der Waals surface area contributed by atoms with Crippen molar-refractivity contribution in [3.63, 3.8) is 0 Å². The molecule has 0 fully saturated rings. The van der Waals surface area contributed by atoms with Crippen molar-refractivity contribution >= 4 is 23.2 Å². The van der Waals surface area contributed by atoms with E-state index < -0.39 is 28.9 Å². The molecule has 2 amide bonds. The second kappa shape index (κ2) is 7.42. The lowest BCUT2D eigenvalue weighted by molar-refractivity contribution is -0.136. The summed E-state index contributed by atoms with van der Waals surface area (Å²) in [6.45, 7) is 5.12. The molecule has 0 aromatic heterocycles. The van der Waals surface area contributed by atoms with Crippen molar-refractivity contribution in [2.75, 3.05) is 16.8 Å². The number of halogens is 2. The SMILES string of the molecule is CCN(C(=O)C(C)(C)C(=O)Nc1ccc(F)cc1F)c1ccccc1. The fourth-order valence-electron chi connectivity index (χ4n) is 2.36. The highest BCUT2D eigenvalue weighted by atomic mass is 19.1. The van der Waals surface area contributed by atoms with Crippen LogP contribution in [-0.4, -0.2) is 18.4 Å². The second-order valence-electron chi connectivity index (χ2n) is 6.09. The van der Waals surface area contributed by atoms with Crippen molar-refractivity contribution in [2.24, 2.45) is 5.41 Å². The Morgan fingerprint density at radius 2 is 1.72 bits per heavy atom. The zero-order valence-electron chi connectivity index (χ0n) is 14.3. The number of para-hydroxylation sites is 1. The van der Waals surface area contributed by atoms with Crippen molar-refractivity contribution in [1.82, 2.24) is 0 Å². The topological polar surface area (TPSA) is 49.4 Å². The predicted molar refractivity (Wildman–Crippen MR) is 93.2 cm³/mol. The highest BCUT2D eigenvalue weighted by Crippen LogP contribution is 2.26. The molecule has 132 valence electrons. The maximum atomic E-state index is 13.7. The van der Waals surface area contributed by atoms with Gasteiger partial charge in [0, 0.05) is 18.3 Å². The average molecular weight is 346 g/mol. The number of hydrogen-bond acceptors (Lipinski definition) is 2. The predicted octanol–water partition coefficient (Wildman–Crippen LogP) is 3.98. The number of nitrogens with zero attached hydrogens (tertiary/aromatic N) is 1. The molecule has 0 spiro atoms. The molecule has 2 aromatic rings. The molecule has 6 heteroatoms. The first kappa shape index (κ1) is 18.6. The van der Waals surface area contributed by atoms with Gasteiger partial charge in [0.25, 0.3) is 0 Å². The number of benzene rings is 2. The quantitative estimate of drug-likeness (QED) is 0.833. The first-order valence-corrected chi connectivity index (χ1v) is 7.91. The van der Waals surface area contributed by atoms with Gasteiger partial charge < -0.3 is 10.2 Å². The van der Waals surface area contributed by atoms with E-state index in [2.05, 4.69) is 5.32 Å². The van der Waals surface area contributed by atoms with Gasteiger partial charge in [-0.05, 0) is 45.0 Å². The van der Waals surface area contributed by atoms with Gasteiger partial charge in [0.1, 0.15) is 17.0 Å². The van der Waals surface area contributed by atoms with Crippen LogP contribution in [0, 0.1) is 17.0 Å².